The van der Waals surface area contributed by atoms with Crippen molar-refractivity contribution in [2.75, 3.05) is 11.4 Å². The second kappa shape index (κ2) is 5.76. The summed E-state index contributed by atoms with van der Waals surface area (Å²) in [5, 5.41) is 11.1. The van der Waals surface area contributed by atoms with Gasteiger partial charge in [-0.05, 0) is 31.0 Å². The van der Waals surface area contributed by atoms with Crippen LogP contribution in [0.5, 0.6) is 0 Å². The molecular weight excluding hydrogens is 304 g/mol. The van der Waals surface area contributed by atoms with Crippen LogP contribution >= 0.6 is 0 Å². The first-order chi connectivity index (χ1) is 10.3. The van der Waals surface area contributed by atoms with Crippen molar-refractivity contribution >= 4 is 21.4 Å². The predicted octanol–water partition coefficient (Wildman–Crippen LogP) is 3.04. The summed E-state index contributed by atoms with van der Waals surface area (Å²) in [5.74, 6) is 0. The van der Waals surface area contributed by atoms with Gasteiger partial charge in [0, 0.05) is 13.1 Å². The van der Waals surface area contributed by atoms with E-state index in [1.54, 1.807) is 26.0 Å². The van der Waals surface area contributed by atoms with Gasteiger partial charge < -0.3 is 0 Å². The van der Waals surface area contributed by atoms with Crippen LogP contribution in [0.2, 0.25) is 0 Å². The van der Waals surface area contributed by atoms with Gasteiger partial charge in [0.15, 0.2) is 4.90 Å². The molecule has 0 unspecified atom stereocenters. The standard InChI is InChI=1S/C15H16N2O4S/c1-11-7-6-8-12(2)15(11)16(3)22(20,21)14-10-5-4-9-13(14)17(18)19/h4-10H,1-3H3. The van der Waals surface area contributed by atoms with Crippen molar-refractivity contribution in [2.24, 2.45) is 0 Å². The molecule has 0 aromatic heterocycles. The fourth-order valence-corrected chi connectivity index (χ4v) is 3.88. The summed E-state index contributed by atoms with van der Waals surface area (Å²) in [4.78, 5) is 10.1. The van der Waals surface area contributed by atoms with Crippen LogP contribution in [0.1, 0.15) is 11.1 Å². The summed E-state index contributed by atoms with van der Waals surface area (Å²) < 4.78 is 26.7. The number of rotatable bonds is 4. The molecule has 0 atom stereocenters. The number of hydrogen-bond donors (Lipinski definition) is 0. The maximum atomic E-state index is 12.8. The van der Waals surface area contributed by atoms with E-state index in [-0.39, 0.29) is 4.90 Å². The summed E-state index contributed by atoms with van der Waals surface area (Å²) in [6.45, 7) is 3.60. The van der Waals surface area contributed by atoms with Crippen molar-refractivity contribution in [2.45, 2.75) is 18.7 Å². The van der Waals surface area contributed by atoms with Gasteiger partial charge in [-0.2, -0.15) is 0 Å². The van der Waals surface area contributed by atoms with Crippen LogP contribution in [0, 0.1) is 24.0 Å². The minimum atomic E-state index is -4.02. The molecule has 0 fully saturated rings. The van der Waals surface area contributed by atoms with E-state index in [1.165, 1.54) is 31.3 Å². The zero-order valence-electron chi connectivity index (χ0n) is 12.5. The van der Waals surface area contributed by atoms with Crippen molar-refractivity contribution < 1.29 is 13.3 Å². The molecule has 7 heteroatoms. The van der Waals surface area contributed by atoms with E-state index in [4.69, 9.17) is 0 Å². The van der Waals surface area contributed by atoms with Gasteiger partial charge in [-0.1, -0.05) is 30.3 Å². The lowest BCUT2D eigenvalue weighted by molar-refractivity contribution is -0.387. The molecule has 0 saturated carbocycles. The Morgan fingerprint density at radius 3 is 2.09 bits per heavy atom. The monoisotopic (exact) mass is 320 g/mol. The van der Waals surface area contributed by atoms with Crippen LogP contribution in [0.15, 0.2) is 47.4 Å². The van der Waals surface area contributed by atoms with Crippen molar-refractivity contribution in [3.05, 3.63) is 63.7 Å². The maximum absolute atomic E-state index is 12.8. The normalized spacial score (nSPS) is 11.2. The Bertz CT molecular complexity index is 811. The number of nitro benzene ring substituents is 1. The summed E-state index contributed by atoms with van der Waals surface area (Å²) in [6.07, 6.45) is 0. The molecule has 0 heterocycles. The Morgan fingerprint density at radius 1 is 1.00 bits per heavy atom. The molecule has 2 aromatic carbocycles. The molecule has 2 aromatic rings. The lowest BCUT2D eigenvalue weighted by atomic mass is 10.1. The van der Waals surface area contributed by atoms with Crippen molar-refractivity contribution in [1.82, 2.24) is 0 Å². The minimum Gasteiger partial charge on any atom is -0.269 e. The van der Waals surface area contributed by atoms with Gasteiger partial charge in [-0.15, -0.1) is 0 Å². The molecule has 0 bridgehead atoms. The molecule has 0 saturated heterocycles. The Labute approximate surface area is 129 Å². The third-order valence-corrected chi connectivity index (χ3v) is 5.26. The Balaban J connectivity index is 2.63. The van der Waals surface area contributed by atoms with E-state index in [1.807, 2.05) is 6.07 Å². The van der Waals surface area contributed by atoms with E-state index < -0.39 is 20.6 Å². The molecule has 0 spiro atoms. The van der Waals surface area contributed by atoms with Crippen LogP contribution in [0.4, 0.5) is 11.4 Å². The Morgan fingerprint density at radius 2 is 1.55 bits per heavy atom. The summed E-state index contributed by atoms with van der Waals surface area (Å²) in [5.41, 5.74) is 1.66. The maximum Gasteiger partial charge on any atom is 0.289 e. The van der Waals surface area contributed by atoms with Crippen LogP contribution in [-0.2, 0) is 10.0 Å². The number of benzene rings is 2. The van der Waals surface area contributed by atoms with Crippen LogP contribution in [0.25, 0.3) is 0 Å². The minimum absolute atomic E-state index is 0.315. The van der Waals surface area contributed by atoms with E-state index >= 15 is 0 Å². The van der Waals surface area contributed by atoms with Gasteiger partial charge in [0.05, 0.1) is 10.6 Å². The van der Waals surface area contributed by atoms with Gasteiger partial charge in [-0.3, -0.25) is 14.4 Å². The van der Waals surface area contributed by atoms with E-state index in [0.717, 1.165) is 15.4 Å². The third-order valence-electron chi connectivity index (χ3n) is 3.45. The number of para-hydroxylation sites is 2. The highest BCUT2D eigenvalue weighted by Crippen LogP contribution is 2.32. The number of nitrogens with zero attached hydrogens (tertiary/aromatic N) is 2. The smallest absolute Gasteiger partial charge is 0.269 e. The molecule has 0 radical (unpaired) electrons. The summed E-state index contributed by atoms with van der Waals surface area (Å²) in [7, 11) is -2.62. The number of sulfonamides is 1. The summed E-state index contributed by atoms with van der Waals surface area (Å²) in [6, 6.07) is 10.8. The molecule has 22 heavy (non-hydrogen) atoms. The average Bonchev–Trinajstić information content (AvgIpc) is 2.46. The van der Waals surface area contributed by atoms with E-state index in [9.17, 15) is 18.5 Å². The predicted molar refractivity (Wildman–Crippen MR) is 84.6 cm³/mol. The van der Waals surface area contributed by atoms with E-state index in [2.05, 4.69) is 0 Å². The Kier molecular flexibility index (Phi) is 4.18. The van der Waals surface area contributed by atoms with Gasteiger partial charge in [0.1, 0.15) is 0 Å². The largest absolute Gasteiger partial charge is 0.289 e. The van der Waals surface area contributed by atoms with Crippen molar-refractivity contribution in [3.63, 3.8) is 0 Å². The van der Waals surface area contributed by atoms with Gasteiger partial charge in [0.2, 0.25) is 0 Å². The highest BCUT2D eigenvalue weighted by Gasteiger charge is 2.30. The number of anilines is 1. The summed E-state index contributed by atoms with van der Waals surface area (Å²) >= 11 is 0. The fourth-order valence-electron chi connectivity index (χ4n) is 2.40. The molecule has 0 amide bonds. The topological polar surface area (TPSA) is 80.5 Å². The molecule has 0 aliphatic heterocycles. The first kappa shape index (κ1) is 16.0. The Hall–Kier alpha value is -2.41. The zero-order valence-corrected chi connectivity index (χ0v) is 13.3. The van der Waals surface area contributed by atoms with Crippen LogP contribution in [0.3, 0.4) is 0 Å². The molecule has 0 aliphatic rings. The average molecular weight is 320 g/mol. The lowest BCUT2D eigenvalue weighted by Gasteiger charge is -2.23. The fraction of sp³-hybridized carbons (Fsp3) is 0.200. The molecule has 6 nitrogen and oxygen atoms in total. The first-order valence-corrected chi connectivity index (χ1v) is 7.99. The molecule has 116 valence electrons. The molecule has 0 N–H and O–H groups in total. The number of aryl methyl sites for hydroxylation is 2. The van der Waals surface area contributed by atoms with Gasteiger partial charge in [0.25, 0.3) is 15.7 Å². The zero-order chi connectivity index (χ0) is 16.5. The van der Waals surface area contributed by atoms with Crippen LogP contribution < -0.4 is 4.31 Å². The lowest BCUT2D eigenvalue weighted by Crippen LogP contribution is -2.28. The SMILES string of the molecule is Cc1cccc(C)c1N(C)S(=O)(=O)c1ccccc1[N+](=O)[O-]. The van der Waals surface area contributed by atoms with Crippen molar-refractivity contribution in [3.8, 4) is 0 Å². The highest BCUT2D eigenvalue weighted by atomic mass is 32.2. The molecule has 2 rings (SSSR count). The third kappa shape index (κ3) is 2.67. The van der Waals surface area contributed by atoms with Crippen molar-refractivity contribution in [1.29, 1.82) is 0 Å². The second-order valence-electron chi connectivity index (χ2n) is 4.94. The van der Waals surface area contributed by atoms with Crippen LogP contribution in [-0.4, -0.2) is 20.4 Å². The van der Waals surface area contributed by atoms with Gasteiger partial charge in [-0.25, -0.2) is 8.42 Å². The second-order valence-corrected chi connectivity index (χ2v) is 6.88. The highest BCUT2D eigenvalue weighted by molar-refractivity contribution is 7.93. The van der Waals surface area contributed by atoms with Gasteiger partial charge >= 0.3 is 0 Å². The first-order valence-electron chi connectivity index (χ1n) is 6.55. The van der Waals surface area contributed by atoms with E-state index in [0.29, 0.717) is 5.69 Å². The number of hydrogen-bond acceptors (Lipinski definition) is 4. The quantitative estimate of drug-likeness (QED) is 0.640. The number of nitro groups is 1. The molecule has 0 aliphatic carbocycles. The molecular formula is C15H16N2O4S.